The van der Waals surface area contributed by atoms with Crippen LogP contribution in [-0.2, 0) is 0 Å². The number of nitrogens with two attached hydrogens (primary N) is 1. The molecule has 0 aliphatic carbocycles. The number of nitrogen functional groups attached to an aromatic ring is 1. The molecule has 8 nitrogen and oxygen atoms in total. The normalized spacial score (nSPS) is 10.8. The van der Waals surface area contributed by atoms with Crippen molar-refractivity contribution in [1.29, 1.82) is 0 Å². The highest BCUT2D eigenvalue weighted by molar-refractivity contribution is 5.86. The van der Waals surface area contributed by atoms with Crippen molar-refractivity contribution < 1.29 is 13.9 Å². The Balaban J connectivity index is 1.77. The molecule has 28 heavy (non-hydrogen) atoms. The summed E-state index contributed by atoms with van der Waals surface area (Å²) in [6.07, 6.45) is 0. The molecule has 0 unspecified atom stereocenters. The van der Waals surface area contributed by atoms with Crippen molar-refractivity contribution in [3.05, 3.63) is 48.0 Å². The van der Waals surface area contributed by atoms with Gasteiger partial charge < -0.3 is 24.9 Å². The van der Waals surface area contributed by atoms with Gasteiger partial charge in [-0.2, -0.15) is 15.0 Å². The molecule has 2 heterocycles. The standard InChI is InChI=1S/C20H19N5O3/c1-11-13-6-4-5-7-15(13)28-17(11)18-23-19(21)25-20(24-18)22-14-10-12(26-2)8-9-16(14)27-3/h4-10H,1-3H3,(H3,21,22,23,24,25). The summed E-state index contributed by atoms with van der Waals surface area (Å²) in [5, 5.41) is 4.11. The van der Waals surface area contributed by atoms with Gasteiger partial charge in [0.15, 0.2) is 5.76 Å². The molecule has 8 heteroatoms. The van der Waals surface area contributed by atoms with Crippen molar-refractivity contribution in [2.24, 2.45) is 0 Å². The predicted molar refractivity (Wildman–Crippen MR) is 107 cm³/mol. The molecule has 0 bridgehead atoms. The molecule has 0 radical (unpaired) electrons. The van der Waals surface area contributed by atoms with Gasteiger partial charge in [0.2, 0.25) is 17.7 Å². The number of nitrogens with zero attached hydrogens (tertiary/aromatic N) is 3. The minimum Gasteiger partial charge on any atom is -0.497 e. The van der Waals surface area contributed by atoms with E-state index >= 15 is 0 Å². The third-order valence-corrected chi connectivity index (χ3v) is 4.35. The van der Waals surface area contributed by atoms with E-state index in [2.05, 4.69) is 20.3 Å². The van der Waals surface area contributed by atoms with E-state index in [1.807, 2.05) is 31.2 Å². The Kier molecular flexibility index (Phi) is 4.44. The summed E-state index contributed by atoms with van der Waals surface area (Å²) >= 11 is 0. The van der Waals surface area contributed by atoms with Crippen LogP contribution in [0.4, 0.5) is 17.6 Å². The summed E-state index contributed by atoms with van der Waals surface area (Å²) in [4.78, 5) is 12.9. The van der Waals surface area contributed by atoms with Gasteiger partial charge in [-0.25, -0.2) is 0 Å². The van der Waals surface area contributed by atoms with Crippen molar-refractivity contribution in [3.8, 4) is 23.1 Å². The minimum absolute atomic E-state index is 0.0780. The lowest BCUT2D eigenvalue weighted by molar-refractivity contribution is 0.405. The molecule has 0 saturated carbocycles. The Bertz CT molecular complexity index is 1160. The van der Waals surface area contributed by atoms with Gasteiger partial charge >= 0.3 is 0 Å². The van der Waals surface area contributed by atoms with Gasteiger partial charge in [0.1, 0.15) is 17.1 Å². The molecule has 2 aromatic carbocycles. The molecule has 3 N–H and O–H groups in total. The molecule has 0 atom stereocenters. The Morgan fingerprint density at radius 2 is 1.82 bits per heavy atom. The lowest BCUT2D eigenvalue weighted by Gasteiger charge is -2.12. The Morgan fingerprint density at radius 3 is 2.57 bits per heavy atom. The second-order valence-corrected chi connectivity index (χ2v) is 6.08. The first-order valence-corrected chi connectivity index (χ1v) is 8.58. The lowest BCUT2D eigenvalue weighted by Crippen LogP contribution is -2.06. The molecule has 4 rings (SSSR count). The highest BCUT2D eigenvalue weighted by Crippen LogP contribution is 2.33. The minimum atomic E-state index is 0.0780. The van der Waals surface area contributed by atoms with Crippen molar-refractivity contribution in [1.82, 2.24) is 15.0 Å². The monoisotopic (exact) mass is 377 g/mol. The van der Waals surface area contributed by atoms with Crippen LogP contribution >= 0.6 is 0 Å². The number of rotatable bonds is 5. The molecule has 0 aliphatic heterocycles. The number of benzene rings is 2. The van der Waals surface area contributed by atoms with Crippen LogP contribution in [0.3, 0.4) is 0 Å². The molecule has 142 valence electrons. The summed E-state index contributed by atoms with van der Waals surface area (Å²) in [6.45, 7) is 1.96. The average Bonchev–Trinajstić information content (AvgIpc) is 3.04. The molecular weight excluding hydrogens is 358 g/mol. The van der Waals surface area contributed by atoms with Gasteiger partial charge in [0, 0.05) is 17.0 Å². The highest BCUT2D eigenvalue weighted by atomic mass is 16.5. The van der Waals surface area contributed by atoms with Crippen LogP contribution in [0.15, 0.2) is 46.9 Å². The number of anilines is 3. The number of nitrogens with one attached hydrogen (secondary N) is 1. The number of aryl methyl sites for hydroxylation is 1. The van der Waals surface area contributed by atoms with E-state index in [4.69, 9.17) is 19.6 Å². The second-order valence-electron chi connectivity index (χ2n) is 6.08. The number of fused-ring (bicyclic) bond motifs is 1. The van der Waals surface area contributed by atoms with Crippen molar-refractivity contribution in [2.45, 2.75) is 6.92 Å². The van der Waals surface area contributed by atoms with Crippen LogP contribution in [0, 0.1) is 6.92 Å². The van der Waals surface area contributed by atoms with Crippen LogP contribution in [0.2, 0.25) is 0 Å². The van der Waals surface area contributed by atoms with Gasteiger partial charge in [-0.15, -0.1) is 0 Å². The number of methoxy groups -OCH3 is 2. The number of hydrogen-bond acceptors (Lipinski definition) is 8. The van der Waals surface area contributed by atoms with E-state index in [1.54, 1.807) is 32.4 Å². The quantitative estimate of drug-likeness (QED) is 0.538. The topological polar surface area (TPSA) is 108 Å². The number of furan rings is 1. The molecule has 0 saturated heterocycles. The molecule has 0 spiro atoms. The van der Waals surface area contributed by atoms with Crippen LogP contribution < -0.4 is 20.5 Å². The lowest BCUT2D eigenvalue weighted by atomic mass is 10.1. The van der Waals surface area contributed by atoms with Gasteiger partial charge in [0.25, 0.3) is 0 Å². The largest absolute Gasteiger partial charge is 0.497 e. The van der Waals surface area contributed by atoms with Crippen molar-refractivity contribution >= 4 is 28.6 Å². The predicted octanol–water partition coefficient (Wildman–Crippen LogP) is 3.94. The van der Waals surface area contributed by atoms with Crippen LogP contribution in [0.1, 0.15) is 5.56 Å². The fourth-order valence-electron chi connectivity index (χ4n) is 2.97. The van der Waals surface area contributed by atoms with Crippen molar-refractivity contribution in [3.63, 3.8) is 0 Å². The number of para-hydroxylation sites is 1. The zero-order valence-corrected chi connectivity index (χ0v) is 15.7. The molecule has 0 fully saturated rings. The van der Waals surface area contributed by atoms with E-state index in [0.29, 0.717) is 28.8 Å². The maximum Gasteiger partial charge on any atom is 0.232 e. The second kappa shape index (κ2) is 7.07. The van der Waals surface area contributed by atoms with Crippen LogP contribution in [0.5, 0.6) is 11.5 Å². The molecule has 0 aliphatic rings. The summed E-state index contributed by atoms with van der Waals surface area (Å²) < 4.78 is 16.6. The Morgan fingerprint density at radius 1 is 1.00 bits per heavy atom. The van der Waals surface area contributed by atoms with Gasteiger partial charge in [-0.1, -0.05) is 18.2 Å². The SMILES string of the molecule is COc1ccc(OC)c(Nc2nc(N)nc(-c3oc4ccccc4c3C)n2)c1. The average molecular weight is 377 g/mol. The first-order valence-electron chi connectivity index (χ1n) is 8.58. The van der Waals surface area contributed by atoms with Crippen LogP contribution in [-0.4, -0.2) is 29.2 Å². The van der Waals surface area contributed by atoms with E-state index < -0.39 is 0 Å². The first-order chi connectivity index (χ1) is 13.6. The zero-order valence-electron chi connectivity index (χ0n) is 15.7. The van der Waals surface area contributed by atoms with E-state index in [-0.39, 0.29) is 11.9 Å². The smallest absolute Gasteiger partial charge is 0.232 e. The summed E-state index contributed by atoms with van der Waals surface area (Å²) in [5.74, 6) is 2.53. The number of aromatic nitrogens is 3. The number of hydrogen-bond donors (Lipinski definition) is 2. The van der Waals surface area contributed by atoms with Crippen molar-refractivity contribution in [2.75, 3.05) is 25.3 Å². The summed E-state index contributed by atoms with van der Waals surface area (Å²) in [6, 6.07) is 13.1. The third kappa shape index (κ3) is 3.16. The summed E-state index contributed by atoms with van der Waals surface area (Å²) in [7, 11) is 3.17. The Hall–Kier alpha value is -3.81. The molecule has 0 amide bonds. The van der Waals surface area contributed by atoms with Gasteiger partial charge in [-0.05, 0) is 25.1 Å². The molecule has 2 aromatic heterocycles. The fourth-order valence-corrected chi connectivity index (χ4v) is 2.97. The molecule has 4 aromatic rings. The van der Waals surface area contributed by atoms with E-state index in [0.717, 1.165) is 16.5 Å². The number of ether oxygens (including phenoxy) is 2. The van der Waals surface area contributed by atoms with Gasteiger partial charge in [-0.3, -0.25) is 0 Å². The van der Waals surface area contributed by atoms with Gasteiger partial charge in [0.05, 0.1) is 19.9 Å². The Labute approximate surface area is 161 Å². The van der Waals surface area contributed by atoms with Crippen LogP contribution in [0.25, 0.3) is 22.6 Å². The summed E-state index contributed by atoms with van der Waals surface area (Å²) in [5.41, 5.74) is 8.26. The third-order valence-electron chi connectivity index (χ3n) is 4.35. The maximum absolute atomic E-state index is 5.95. The van der Waals surface area contributed by atoms with E-state index in [1.165, 1.54) is 0 Å². The maximum atomic E-state index is 5.95. The fraction of sp³-hybridized carbons (Fsp3) is 0.150. The van der Waals surface area contributed by atoms with E-state index in [9.17, 15) is 0 Å². The zero-order chi connectivity index (χ0) is 19.7. The highest BCUT2D eigenvalue weighted by Gasteiger charge is 2.17. The molecular formula is C20H19N5O3. The first kappa shape index (κ1) is 17.6.